The van der Waals surface area contributed by atoms with Crippen LogP contribution in [0.15, 0.2) is 17.2 Å². The van der Waals surface area contributed by atoms with Crippen LogP contribution in [-0.2, 0) is 19.9 Å². The first-order chi connectivity index (χ1) is 7.40. The van der Waals surface area contributed by atoms with Gasteiger partial charge in [0, 0.05) is 17.8 Å². The molecular weight excluding hydrogens is 298 g/mol. The number of aromatic nitrogens is 1. The SMILES string of the molecule is COC(=O)c1ncc(S(C)(=O)=O)cc1CBr. The predicted molar refractivity (Wildman–Crippen MR) is 61.3 cm³/mol. The molecule has 1 aromatic heterocycles. The monoisotopic (exact) mass is 307 g/mol. The summed E-state index contributed by atoms with van der Waals surface area (Å²) in [6.07, 6.45) is 2.23. The first kappa shape index (κ1) is 13.1. The molecule has 0 saturated heterocycles. The number of esters is 1. The molecule has 0 radical (unpaired) electrons. The van der Waals surface area contributed by atoms with Gasteiger partial charge in [-0.25, -0.2) is 18.2 Å². The summed E-state index contributed by atoms with van der Waals surface area (Å²) < 4.78 is 27.1. The van der Waals surface area contributed by atoms with E-state index in [4.69, 9.17) is 0 Å². The van der Waals surface area contributed by atoms with Crippen molar-refractivity contribution in [2.45, 2.75) is 10.2 Å². The second-order valence-corrected chi connectivity index (χ2v) is 5.65. The van der Waals surface area contributed by atoms with Crippen LogP contribution in [0.1, 0.15) is 16.1 Å². The quantitative estimate of drug-likeness (QED) is 0.619. The summed E-state index contributed by atoms with van der Waals surface area (Å²) in [6.45, 7) is 0. The molecule has 16 heavy (non-hydrogen) atoms. The van der Waals surface area contributed by atoms with E-state index < -0.39 is 15.8 Å². The Balaban J connectivity index is 3.33. The van der Waals surface area contributed by atoms with E-state index >= 15 is 0 Å². The highest BCUT2D eigenvalue weighted by atomic mass is 79.9. The predicted octanol–water partition coefficient (Wildman–Crippen LogP) is 1.17. The largest absolute Gasteiger partial charge is 0.464 e. The van der Waals surface area contributed by atoms with Crippen molar-refractivity contribution in [1.82, 2.24) is 4.98 Å². The zero-order chi connectivity index (χ0) is 12.3. The molecule has 0 aliphatic heterocycles. The van der Waals surface area contributed by atoms with Gasteiger partial charge in [-0.2, -0.15) is 0 Å². The number of hydrogen-bond acceptors (Lipinski definition) is 5. The second-order valence-electron chi connectivity index (χ2n) is 3.08. The summed E-state index contributed by atoms with van der Waals surface area (Å²) in [6, 6.07) is 1.41. The summed E-state index contributed by atoms with van der Waals surface area (Å²) in [5.74, 6) is -0.588. The number of alkyl halides is 1. The van der Waals surface area contributed by atoms with Gasteiger partial charge in [-0.1, -0.05) is 15.9 Å². The summed E-state index contributed by atoms with van der Waals surface area (Å²) in [4.78, 5) is 15.2. The number of sulfone groups is 1. The maximum Gasteiger partial charge on any atom is 0.356 e. The second kappa shape index (κ2) is 4.92. The molecular formula is C9H10BrNO4S. The molecule has 1 rings (SSSR count). The standard InChI is InChI=1S/C9H10BrNO4S/c1-15-9(12)8-6(4-10)3-7(5-11-8)16(2,13)14/h3,5H,4H2,1-2H3. The summed E-state index contributed by atoms with van der Waals surface area (Å²) >= 11 is 3.16. The zero-order valence-corrected chi connectivity index (χ0v) is 11.1. The Morgan fingerprint density at radius 3 is 2.62 bits per heavy atom. The smallest absolute Gasteiger partial charge is 0.356 e. The van der Waals surface area contributed by atoms with Gasteiger partial charge in [-0.05, 0) is 11.6 Å². The first-order valence-electron chi connectivity index (χ1n) is 4.23. The van der Waals surface area contributed by atoms with Crippen molar-refractivity contribution in [2.24, 2.45) is 0 Å². The number of methoxy groups -OCH3 is 1. The average molecular weight is 308 g/mol. The van der Waals surface area contributed by atoms with Crippen LogP contribution in [0, 0.1) is 0 Å². The lowest BCUT2D eigenvalue weighted by Crippen LogP contribution is -2.10. The molecule has 0 aliphatic carbocycles. The number of carbonyl (C=O) groups excluding carboxylic acids is 1. The van der Waals surface area contributed by atoms with Gasteiger partial charge < -0.3 is 4.74 Å². The molecule has 0 saturated carbocycles. The van der Waals surface area contributed by atoms with Gasteiger partial charge in [0.15, 0.2) is 15.5 Å². The Kier molecular flexibility index (Phi) is 4.03. The summed E-state index contributed by atoms with van der Waals surface area (Å²) in [5.41, 5.74) is 0.599. The Labute approximate surface area is 102 Å². The van der Waals surface area contributed by atoms with Crippen LogP contribution in [0.25, 0.3) is 0 Å². The first-order valence-corrected chi connectivity index (χ1v) is 7.24. The van der Waals surface area contributed by atoms with Crippen molar-refractivity contribution in [3.05, 3.63) is 23.5 Å². The molecule has 0 fully saturated rings. The molecule has 0 amide bonds. The van der Waals surface area contributed by atoms with E-state index in [1.165, 1.54) is 13.2 Å². The molecule has 0 atom stereocenters. The van der Waals surface area contributed by atoms with Crippen LogP contribution in [0.4, 0.5) is 0 Å². The van der Waals surface area contributed by atoms with Crippen molar-refractivity contribution in [2.75, 3.05) is 13.4 Å². The molecule has 0 aliphatic rings. The molecule has 0 unspecified atom stereocenters. The fraction of sp³-hybridized carbons (Fsp3) is 0.333. The highest BCUT2D eigenvalue weighted by Gasteiger charge is 2.16. The number of nitrogens with zero attached hydrogens (tertiary/aromatic N) is 1. The van der Waals surface area contributed by atoms with Crippen molar-refractivity contribution in [3.8, 4) is 0 Å². The van der Waals surface area contributed by atoms with Gasteiger partial charge in [-0.15, -0.1) is 0 Å². The van der Waals surface area contributed by atoms with Crippen LogP contribution in [0.3, 0.4) is 0 Å². The van der Waals surface area contributed by atoms with Gasteiger partial charge in [0.25, 0.3) is 0 Å². The minimum absolute atomic E-state index is 0.0783. The van der Waals surface area contributed by atoms with Gasteiger partial charge >= 0.3 is 5.97 Å². The normalized spacial score (nSPS) is 11.2. The van der Waals surface area contributed by atoms with Gasteiger partial charge in [0.1, 0.15) is 0 Å². The Morgan fingerprint density at radius 1 is 1.56 bits per heavy atom. The van der Waals surface area contributed by atoms with Crippen molar-refractivity contribution < 1.29 is 17.9 Å². The minimum atomic E-state index is -3.32. The van der Waals surface area contributed by atoms with E-state index in [1.807, 2.05) is 0 Å². The Hall–Kier alpha value is -0.950. The topological polar surface area (TPSA) is 73.3 Å². The maximum absolute atomic E-state index is 11.3. The van der Waals surface area contributed by atoms with E-state index in [0.29, 0.717) is 10.9 Å². The fourth-order valence-electron chi connectivity index (χ4n) is 1.07. The lowest BCUT2D eigenvalue weighted by molar-refractivity contribution is 0.0593. The van der Waals surface area contributed by atoms with E-state index in [0.717, 1.165) is 12.5 Å². The Morgan fingerprint density at radius 2 is 2.19 bits per heavy atom. The van der Waals surface area contributed by atoms with E-state index in [1.54, 1.807) is 0 Å². The molecule has 7 heteroatoms. The van der Waals surface area contributed by atoms with E-state index in [-0.39, 0.29) is 10.6 Å². The summed E-state index contributed by atoms with van der Waals surface area (Å²) in [7, 11) is -2.08. The molecule has 0 aromatic carbocycles. The van der Waals surface area contributed by atoms with Crippen LogP contribution in [-0.4, -0.2) is 32.7 Å². The molecule has 88 valence electrons. The molecule has 0 bridgehead atoms. The molecule has 0 N–H and O–H groups in total. The molecule has 1 heterocycles. The number of halogens is 1. The fourth-order valence-corrected chi connectivity index (χ4v) is 2.10. The van der Waals surface area contributed by atoms with Crippen LogP contribution >= 0.6 is 15.9 Å². The third-order valence-corrected chi connectivity index (χ3v) is 3.58. The van der Waals surface area contributed by atoms with Crippen LogP contribution in [0.2, 0.25) is 0 Å². The van der Waals surface area contributed by atoms with Crippen molar-refractivity contribution in [1.29, 1.82) is 0 Å². The lowest BCUT2D eigenvalue weighted by atomic mass is 10.2. The molecule has 1 aromatic rings. The van der Waals surface area contributed by atoms with Crippen LogP contribution in [0.5, 0.6) is 0 Å². The highest BCUT2D eigenvalue weighted by molar-refractivity contribution is 9.08. The zero-order valence-electron chi connectivity index (χ0n) is 8.73. The molecule has 5 nitrogen and oxygen atoms in total. The lowest BCUT2D eigenvalue weighted by Gasteiger charge is -2.06. The number of hydrogen-bond donors (Lipinski definition) is 0. The molecule has 0 spiro atoms. The van der Waals surface area contributed by atoms with Gasteiger partial charge in [0.05, 0.1) is 12.0 Å². The number of pyridine rings is 1. The summed E-state index contributed by atoms with van der Waals surface area (Å²) in [5, 5.41) is 0.327. The van der Waals surface area contributed by atoms with Gasteiger partial charge in [0.2, 0.25) is 0 Å². The minimum Gasteiger partial charge on any atom is -0.464 e. The van der Waals surface area contributed by atoms with Gasteiger partial charge in [-0.3, -0.25) is 0 Å². The van der Waals surface area contributed by atoms with Crippen molar-refractivity contribution >= 4 is 31.7 Å². The van der Waals surface area contributed by atoms with Crippen molar-refractivity contribution in [3.63, 3.8) is 0 Å². The number of carbonyl (C=O) groups is 1. The third-order valence-electron chi connectivity index (χ3n) is 1.89. The maximum atomic E-state index is 11.3. The number of ether oxygens (including phenoxy) is 1. The van der Waals surface area contributed by atoms with Crippen LogP contribution < -0.4 is 0 Å². The average Bonchev–Trinajstić information content (AvgIpc) is 2.26. The third kappa shape index (κ3) is 2.79. The highest BCUT2D eigenvalue weighted by Crippen LogP contribution is 2.16. The van der Waals surface area contributed by atoms with E-state index in [2.05, 4.69) is 25.7 Å². The number of rotatable bonds is 3. The Bertz CT molecular complexity index is 512. The van der Waals surface area contributed by atoms with E-state index in [9.17, 15) is 13.2 Å².